The molecule has 0 amide bonds. The number of nitrogens with one attached hydrogen (secondary N) is 1. The number of ether oxygens (including phenoxy) is 2. The van der Waals surface area contributed by atoms with E-state index in [0.717, 1.165) is 24.2 Å². The third-order valence-electron chi connectivity index (χ3n) is 5.47. The van der Waals surface area contributed by atoms with Crippen molar-refractivity contribution in [2.24, 2.45) is 0 Å². The Morgan fingerprint density at radius 1 is 1.25 bits per heavy atom. The predicted octanol–water partition coefficient (Wildman–Crippen LogP) is 4.97. The molecule has 5 heteroatoms. The highest BCUT2D eigenvalue weighted by molar-refractivity contribution is 6.32. The van der Waals surface area contributed by atoms with Crippen LogP contribution in [0.5, 0.6) is 11.5 Å². The van der Waals surface area contributed by atoms with E-state index in [4.69, 9.17) is 21.1 Å². The lowest BCUT2D eigenvalue weighted by atomic mass is 10.0. The number of hydrogen-bond acceptors (Lipinski definition) is 4. The third kappa shape index (κ3) is 4.62. The fraction of sp³-hybridized carbons (Fsp3) is 0.478. The number of hydrogen-bond donors (Lipinski definition) is 2. The maximum Gasteiger partial charge on any atom is 0.142 e. The van der Waals surface area contributed by atoms with Crippen molar-refractivity contribution in [3.8, 4) is 11.5 Å². The number of aliphatic hydroxyl groups is 1. The number of halogens is 1. The van der Waals surface area contributed by atoms with E-state index in [2.05, 4.69) is 30.4 Å². The second-order valence-electron chi connectivity index (χ2n) is 7.52. The monoisotopic (exact) mass is 403 g/mol. The summed E-state index contributed by atoms with van der Waals surface area (Å²) in [5, 5.41) is 13.6. The van der Waals surface area contributed by atoms with Crippen molar-refractivity contribution in [3.05, 3.63) is 57.6 Å². The fourth-order valence-corrected chi connectivity index (χ4v) is 3.84. The van der Waals surface area contributed by atoms with Crippen LogP contribution in [0, 0.1) is 6.92 Å². The van der Waals surface area contributed by atoms with Crippen molar-refractivity contribution in [1.29, 1.82) is 0 Å². The molecule has 0 heterocycles. The largest absolute Gasteiger partial charge is 0.493 e. The van der Waals surface area contributed by atoms with Crippen LogP contribution in [-0.4, -0.2) is 23.9 Å². The molecular weight excluding hydrogens is 374 g/mol. The molecule has 3 atom stereocenters. The SMILES string of the molecule is CCOc1cc(O[C@H]2CCc3c(C)cccc32)c(Cl)cc1CN[C@H](C)[C@@H](C)O. The van der Waals surface area contributed by atoms with Gasteiger partial charge >= 0.3 is 0 Å². The van der Waals surface area contributed by atoms with Crippen molar-refractivity contribution in [1.82, 2.24) is 5.32 Å². The lowest BCUT2D eigenvalue weighted by molar-refractivity contribution is 0.152. The first-order valence-electron chi connectivity index (χ1n) is 10.0. The molecule has 0 saturated carbocycles. The van der Waals surface area contributed by atoms with E-state index in [1.807, 2.05) is 26.0 Å². The highest BCUT2D eigenvalue weighted by Gasteiger charge is 2.26. The van der Waals surface area contributed by atoms with Gasteiger partial charge in [0.15, 0.2) is 0 Å². The summed E-state index contributed by atoms with van der Waals surface area (Å²) in [7, 11) is 0. The molecule has 3 rings (SSSR count). The van der Waals surface area contributed by atoms with Gasteiger partial charge in [0, 0.05) is 24.2 Å². The minimum atomic E-state index is -0.431. The molecule has 0 aliphatic heterocycles. The van der Waals surface area contributed by atoms with Crippen LogP contribution in [0.2, 0.25) is 5.02 Å². The average Bonchev–Trinajstić information content (AvgIpc) is 3.07. The Labute approximate surface area is 172 Å². The quantitative estimate of drug-likeness (QED) is 0.653. The van der Waals surface area contributed by atoms with Crippen molar-refractivity contribution in [3.63, 3.8) is 0 Å². The van der Waals surface area contributed by atoms with E-state index in [1.54, 1.807) is 6.92 Å². The minimum Gasteiger partial charge on any atom is -0.493 e. The van der Waals surface area contributed by atoms with Gasteiger partial charge in [-0.3, -0.25) is 0 Å². The Balaban J connectivity index is 1.81. The van der Waals surface area contributed by atoms with Gasteiger partial charge in [-0.1, -0.05) is 29.8 Å². The molecule has 152 valence electrons. The Morgan fingerprint density at radius 2 is 2.04 bits per heavy atom. The van der Waals surface area contributed by atoms with Crippen LogP contribution in [0.4, 0.5) is 0 Å². The highest BCUT2D eigenvalue weighted by Crippen LogP contribution is 2.40. The Morgan fingerprint density at radius 3 is 2.75 bits per heavy atom. The van der Waals surface area contributed by atoms with Crippen molar-refractivity contribution >= 4 is 11.6 Å². The summed E-state index contributed by atoms with van der Waals surface area (Å²) in [4.78, 5) is 0. The molecule has 1 aliphatic carbocycles. The summed E-state index contributed by atoms with van der Waals surface area (Å²) >= 11 is 6.56. The molecule has 28 heavy (non-hydrogen) atoms. The lowest BCUT2D eigenvalue weighted by Crippen LogP contribution is -2.35. The van der Waals surface area contributed by atoms with Gasteiger partial charge < -0.3 is 19.9 Å². The van der Waals surface area contributed by atoms with Gasteiger partial charge in [0.1, 0.15) is 17.6 Å². The van der Waals surface area contributed by atoms with Gasteiger partial charge in [-0.15, -0.1) is 0 Å². The van der Waals surface area contributed by atoms with Gasteiger partial charge in [-0.05, 0) is 63.3 Å². The van der Waals surface area contributed by atoms with E-state index in [0.29, 0.717) is 23.9 Å². The standard InChI is InChI=1S/C23H30ClNO3/c1-5-27-22-12-23(20(24)11-17(22)13-25-15(3)16(4)26)28-21-10-9-18-14(2)7-6-8-19(18)21/h6-8,11-12,15-16,21,25-26H,5,9-10,13H2,1-4H3/t15-,16-,21+/m1/s1. The molecule has 0 radical (unpaired) electrons. The number of aliphatic hydroxyl groups excluding tert-OH is 1. The molecular formula is C23H30ClNO3. The van der Waals surface area contributed by atoms with Gasteiger partial charge in [0.05, 0.1) is 17.7 Å². The molecule has 4 nitrogen and oxygen atoms in total. The molecule has 1 aliphatic rings. The van der Waals surface area contributed by atoms with E-state index < -0.39 is 6.10 Å². The first kappa shape index (κ1) is 21.0. The first-order valence-corrected chi connectivity index (χ1v) is 10.4. The van der Waals surface area contributed by atoms with Gasteiger partial charge in [0.25, 0.3) is 0 Å². The van der Waals surface area contributed by atoms with Crippen LogP contribution >= 0.6 is 11.6 Å². The van der Waals surface area contributed by atoms with Gasteiger partial charge in [0.2, 0.25) is 0 Å². The fourth-order valence-electron chi connectivity index (χ4n) is 3.61. The van der Waals surface area contributed by atoms with E-state index >= 15 is 0 Å². The van der Waals surface area contributed by atoms with E-state index in [9.17, 15) is 5.11 Å². The molecule has 0 fully saturated rings. The molecule has 0 unspecified atom stereocenters. The maximum absolute atomic E-state index is 9.69. The second-order valence-corrected chi connectivity index (χ2v) is 7.93. The summed E-state index contributed by atoms with van der Waals surface area (Å²) in [6.45, 7) is 8.95. The zero-order chi connectivity index (χ0) is 20.3. The minimum absolute atomic E-state index is 0.0149. The summed E-state index contributed by atoms with van der Waals surface area (Å²) in [5.74, 6) is 1.41. The predicted molar refractivity (Wildman–Crippen MR) is 113 cm³/mol. The lowest BCUT2D eigenvalue weighted by Gasteiger charge is -2.21. The van der Waals surface area contributed by atoms with Crippen molar-refractivity contribution in [2.45, 2.75) is 65.3 Å². The Hall–Kier alpha value is -1.75. The topological polar surface area (TPSA) is 50.7 Å². The van der Waals surface area contributed by atoms with E-state index in [-0.39, 0.29) is 12.1 Å². The average molecular weight is 404 g/mol. The molecule has 0 saturated heterocycles. The zero-order valence-electron chi connectivity index (χ0n) is 17.1. The van der Waals surface area contributed by atoms with Crippen LogP contribution < -0.4 is 14.8 Å². The van der Waals surface area contributed by atoms with Crippen LogP contribution in [0.25, 0.3) is 0 Å². The number of aryl methyl sites for hydroxylation is 1. The Kier molecular flexibility index (Phi) is 6.86. The third-order valence-corrected chi connectivity index (χ3v) is 5.77. The Bertz CT molecular complexity index is 822. The molecule has 2 aromatic carbocycles. The van der Waals surface area contributed by atoms with Crippen molar-refractivity contribution in [2.75, 3.05) is 6.61 Å². The molecule has 0 bridgehead atoms. The normalized spacial score (nSPS) is 17.9. The smallest absolute Gasteiger partial charge is 0.142 e. The molecule has 2 aromatic rings. The van der Waals surface area contributed by atoms with Crippen LogP contribution in [0.15, 0.2) is 30.3 Å². The van der Waals surface area contributed by atoms with E-state index in [1.165, 1.54) is 16.7 Å². The summed E-state index contributed by atoms with van der Waals surface area (Å²) in [5.41, 5.74) is 4.92. The zero-order valence-corrected chi connectivity index (χ0v) is 17.8. The first-order chi connectivity index (χ1) is 13.4. The van der Waals surface area contributed by atoms with Crippen molar-refractivity contribution < 1.29 is 14.6 Å². The van der Waals surface area contributed by atoms with Gasteiger partial charge in [-0.2, -0.15) is 0 Å². The number of benzene rings is 2. The molecule has 0 aromatic heterocycles. The molecule has 0 spiro atoms. The summed E-state index contributed by atoms with van der Waals surface area (Å²) < 4.78 is 12.2. The molecule has 2 N–H and O–H groups in total. The number of fused-ring (bicyclic) bond motifs is 1. The number of rotatable bonds is 8. The summed E-state index contributed by atoms with van der Waals surface area (Å²) in [6.07, 6.45) is 1.57. The van der Waals surface area contributed by atoms with Crippen LogP contribution in [-0.2, 0) is 13.0 Å². The van der Waals surface area contributed by atoms with Crippen LogP contribution in [0.3, 0.4) is 0 Å². The van der Waals surface area contributed by atoms with Gasteiger partial charge in [-0.25, -0.2) is 0 Å². The second kappa shape index (κ2) is 9.17. The van der Waals surface area contributed by atoms with Crippen LogP contribution in [0.1, 0.15) is 55.5 Å². The summed E-state index contributed by atoms with van der Waals surface area (Å²) in [6, 6.07) is 10.1. The maximum atomic E-state index is 9.69. The highest BCUT2D eigenvalue weighted by atomic mass is 35.5.